The van der Waals surface area contributed by atoms with E-state index in [1.165, 1.54) is 11.9 Å². The highest BCUT2D eigenvalue weighted by molar-refractivity contribution is 8.01. The summed E-state index contributed by atoms with van der Waals surface area (Å²) in [5, 5.41) is 0. The summed E-state index contributed by atoms with van der Waals surface area (Å²) in [6, 6.07) is 0. The van der Waals surface area contributed by atoms with Crippen molar-refractivity contribution in [3.05, 3.63) is 23.1 Å². The third-order valence-electron chi connectivity index (χ3n) is 1.19. The van der Waals surface area contributed by atoms with Crippen molar-refractivity contribution in [3.8, 4) is 0 Å². The Labute approximate surface area is 64.5 Å². The van der Waals surface area contributed by atoms with Crippen LogP contribution < -0.4 is 4.72 Å². The van der Waals surface area contributed by atoms with Crippen molar-refractivity contribution in [1.29, 1.82) is 0 Å². The van der Waals surface area contributed by atoms with Crippen molar-refractivity contribution in [2.24, 2.45) is 0 Å². The molecule has 0 bridgehead atoms. The first-order valence-electron chi connectivity index (χ1n) is 3.16. The van der Waals surface area contributed by atoms with E-state index in [1.54, 1.807) is 0 Å². The van der Waals surface area contributed by atoms with Crippen LogP contribution in [-0.4, -0.2) is 6.41 Å². The highest BCUT2D eigenvalue weighted by Gasteiger charge is 1.95. The van der Waals surface area contributed by atoms with Gasteiger partial charge in [0.15, 0.2) is 0 Å². The Morgan fingerprint density at radius 2 is 2.50 bits per heavy atom. The maximum Gasteiger partial charge on any atom is 0.217 e. The molecule has 0 aromatic rings. The predicted molar refractivity (Wildman–Crippen MR) is 43.2 cm³/mol. The normalized spacial score (nSPS) is 16.2. The zero-order valence-corrected chi connectivity index (χ0v) is 6.36. The van der Waals surface area contributed by atoms with Gasteiger partial charge in [-0.1, -0.05) is 18.2 Å². The fourth-order valence-corrected chi connectivity index (χ4v) is 1.31. The molecule has 0 atom stereocenters. The molecular formula is C7H9NOS. The fraction of sp³-hybridized carbons (Fsp3) is 0.286. The lowest BCUT2D eigenvalue weighted by molar-refractivity contribution is -0.107. The number of carbonyl (C=O) groups is 1. The van der Waals surface area contributed by atoms with Crippen LogP contribution in [0.3, 0.4) is 0 Å². The first kappa shape index (κ1) is 7.41. The Balaban J connectivity index is 2.32. The lowest BCUT2D eigenvalue weighted by Gasteiger charge is -2.02. The van der Waals surface area contributed by atoms with Crippen molar-refractivity contribution >= 4 is 18.4 Å². The van der Waals surface area contributed by atoms with Crippen molar-refractivity contribution in [3.63, 3.8) is 0 Å². The standard InChI is InChI=1S/C7H9NOS/c9-6-8-10-7-4-2-1-3-5-7/h2,4-6H,1,3H2,(H,8,9). The smallest absolute Gasteiger partial charge is 0.217 e. The summed E-state index contributed by atoms with van der Waals surface area (Å²) >= 11 is 1.35. The van der Waals surface area contributed by atoms with E-state index in [-0.39, 0.29) is 0 Å². The zero-order chi connectivity index (χ0) is 7.23. The van der Waals surface area contributed by atoms with Gasteiger partial charge in [0.05, 0.1) is 0 Å². The van der Waals surface area contributed by atoms with E-state index in [0.717, 1.165) is 17.7 Å². The highest BCUT2D eigenvalue weighted by atomic mass is 32.2. The van der Waals surface area contributed by atoms with Crippen LogP contribution in [0, 0.1) is 0 Å². The Bertz CT molecular complexity index is 174. The second-order valence-corrected chi connectivity index (χ2v) is 2.84. The van der Waals surface area contributed by atoms with Gasteiger partial charge in [-0.2, -0.15) is 0 Å². The summed E-state index contributed by atoms with van der Waals surface area (Å²) in [4.78, 5) is 11.0. The molecule has 3 heteroatoms. The maximum atomic E-state index is 9.86. The Morgan fingerprint density at radius 1 is 1.60 bits per heavy atom. The molecule has 0 radical (unpaired) electrons. The van der Waals surface area contributed by atoms with E-state index >= 15 is 0 Å². The van der Waals surface area contributed by atoms with Gasteiger partial charge in [0.25, 0.3) is 0 Å². The van der Waals surface area contributed by atoms with E-state index in [4.69, 9.17) is 0 Å². The molecule has 1 N–H and O–H groups in total. The molecular weight excluding hydrogens is 146 g/mol. The van der Waals surface area contributed by atoms with Gasteiger partial charge in [-0.15, -0.1) is 0 Å². The summed E-state index contributed by atoms with van der Waals surface area (Å²) in [6.45, 7) is 0. The van der Waals surface area contributed by atoms with Gasteiger partial charge < -0.3 is 0 Å². The van der Waals surface area contributed by atoms with E-state index < -0.39 is 0 Å². The molecule has 10 heavy (non-hydrogen) atoms. The summed E-state index contributed by atoms with van der Waals surface area (Å²) in [5.74, 6) is 0. The molecule has 0 unspecified atom stereocenters. The first-order valence-corrected chi connectivity index (χ1v) is 3.98. The number of hydrogen-bond acceptors (Lipinski definition) is 2. The van der Waals surface area contributed by atoms with Crippen molar-refractivity contribution in [2.45, 2.75) is 12.8 Å². The summed E-state index contributed by atoms with van der Waals surface area (Å²) < 4.78 is 2.53. The van der Waals surface area contributed by atoms with Gasteiger partial charge in [0, 0.05) is 4.91 Å². The number of allylic oxidation sites excluding steroid dienone is 3. The largest absolute Gasteiger partial charge is 0.299 e. The van der Waals surface area contributed by atoms with Crippen LogP contribution in [0.5, 0.6) is 0 Å². The van der Waals surface area contributed by atoms with E-state index in [0.29, 0.717) is 6.41 Å². The third-order valence-corrected chi connectivity index (χ3v) is 1.94. The fourth-order valence-electron chi connectivity index (χ4n) is 0.757. The quantitative estimate of drug-likeness (QED) is 0.495. The number of amides is 1. The second-order valence-electron chi connectivity index (χ2n) is 1.92. The highest BCUT2D eigenvalue weighted by Crippen LogP contribution is 2.18. The molecule has 0 heterocycles. The number of nitrogens with one attached hydrogen (secondary N) is 1. The topological polar surface area (TPSA) is 29.1 Å². The molecule has 0 aliphatic heterocycles. The van der Waals surface area contributed by atoms with Crippen LogP contribution in [-0.2, 0) is 4.79 Å². The van der Waals surface area contributed by atoms with Crippen LogP contribution in [0.4, 0.5) is 0 Å². The number of rotatable bonds is 3. The van der Waals surface area contributed by atoms with Crippen LogP contribution in [0.15, 0.2) is 23.1 Å². The number of hydrogen-bond donors (Lipinski definition) is 1. The molecule has 0 fully saturated rings. The molecule has 0 spiro atoms. The SMILES string of the molecule is O=CNSC1=CCCC=C1. The molecule has 2 nitrogen and oxygen atoms in total. The first-order chi connectivity index (χ1) is 4.93. The van der Waals surface area contributed by atoms with Gasteiger partial charge in [-0.05, 0) is 24.8 Å². The van der Waals surface area contributed by atoms with E-state index in [1.807, 2.05) is 6.08 Å². The number of carbonyl (C=O) groups excluding carboxylic acids is 1. The van der Waals surface area contributed by atoms with Crippen molar-refractivity contribution < 1.29 is 4.79 Å². The molecule has 1 amide bonds. The average Bonchev–Trinajstić information content (AvgIpc) is 2.03. The van der Waals surface area contributed by atoms with Crippen LogP contribution in [0.1, 0.15) is 12.8 Å². The Kier molecular flexibility index (Phi) is 3.09. The molecule has 1 rings (SSSR count). The van der Waals surface area contributed by atoms with E-state index in [9.17, 15) is 4.79 Å². The van der Waals surface area contributed by atoms with Crippen LogP contribution in [0.2, 0.25) is 0 Å². The van der Waals surface area contributed by atoms with Crippen molar-refractivity contribution in [2.75, 3.05) is 0 Å². The average molecular weight is 155 g/mol. The molecule has 1 aliphatic rings. The lowest BCUT2D eigenvalue weighted by atomic mass is 10.2. The van der Waals surface area contributed by atoms with E-state index in [2.05, 4.69) is 16.9 Å². The molecule has 0 saturated heterocycles. The summed E-state index contributed by atoms with van der Waals surface area (Å²) in [5.41, 5.74) is 0. The predicted octanol–water partition coefficient (Wildman–Crippen LogP) is 1.61. The van der Waals surface area contributed by atoms with Gasteiger partial charge >= 0.3 is 0 Å². The minimum atomic E-state index is 0.688. The Morgan fingerprint density at radius 3 is 3.10 bits per heavy atom. The summed E-state index contributed by atoms with van der Waals surface area (Å²) in [6.07, 6.45) is 9.12. The molecule has 54 valence electrons. The lowest BCUT2D eigenvalue weighted by Crippen LogP contribution is -1.98. The van der Waals surface area contributed by atoms with Gasteiger partial charge in [-0.25, -0.2) is 0 Å². The maximum absolute atomic E-state index is 9.86. The zero-order valence-electron chi connectivity index (χ0n) is 5.54. The van der Waals surface area contributed by atoms with Gasteiger partial charge in [0.2, 0.25) is 6.41 Å². The Hall–Kier alpha value is -0.700. The van der Waals surface area contributed by atoms with Crippen LogP contribution in [0.25, 0.3) is 0 Å². The van der Waals surface area contributed by atoms with Crippen molar-refractivity contribution in [1.82, 2.24) is 4.72 Å². The molecule has 1 aliphatic carbocycles. The van der Waals surface area contributed by atoms with Gasteiger partial charge in [0.1, 0.15) is 0 Å². The van der Waals surface area contributed by atoms with Gasteiger partial charge in [-0.3, -0.25) is 9.52 Å². The van der Waals surface area contributed by atoms with Crippen LogP contribution >= 0.6 is 11.9 Å². The third kappa shape index (κ3) is 2.27. The minimum Gasteiger partial charge on any atom is -0.299 e. The second kappa shape index (κ2) is 4.17. The molecule has 0 aromatic heterocycles. The molecule has 0 saturated carbocycles. The summed E-state index contributed by atoms with van der Waals surface area (Å²) in [7, 11) is 0. The monoisotopic (exact) mass is 155 g/mol. The molecule has 0 aromatic carbocycles. The minimum absolute atomic E-state index is 0.688.